The fourth-order valence-corrected chi connectivity index (χ4v) is 6.05. The van der Waals surface area contributed by atoms with E-state index in [0.717, 1.165) is 49.4 Å². The number of hydrogen-bond acceptors (Lipinski definition) is 6. The Morgan fingerprint density at radius 2 is 1.93 bits per heavy atom. The first-order valence-electron chi connectivity index (χ1n) is 14.4. The van der Waals surface area contributed by atoms with Crippen LogP contribution in [0.1, 0.15) is 48.9 Å². The number of carbonyl (C=O) groups excluding carboxylic acids is 1. The van der Waals surface area contributed by atoms with Gasteiger partial charge in [0, 0.05) is 31.9 Å². The van der Waals surface area contributed by atoms with E-state index in [1.54, 1.807) is 10.8 Å². The van der Waals surface area contributed by atoms with Crippen LogP contribution in [0, 0.1) is 5.82 Å². The van der Waals surface area contributed by atoms with Crippen molar-refractivity contribution >= 4 is 33.3 Å². The molecule has 4 aromatic rings. The molecule has 1 saturated heterocycles. The molecule has 3 N–H and O–H groups in total. The zero-order valence-electron chi connectivity index (χ0n) is 23.2. The van der Waals surface area contributed by atoms with Crippen molar-refractivity contribution in [2.75, 3.05) is 38.6 Å². The maximum Gasteiger partial charge on any atom is 0.256 e. The molecule has 1 atom stereocenters. The van der Waals surface area contributed by atoms with Crippen LogP contribution in [0.25, 0.3) is 27.4 Å². The number of likely N-dealkylation sites (tertiary alicyclic amines) is 1. The van der Waals surface area contributed by atoms with Crippen LogP contribution in [-0.2, 0) is 0 Å². The smallest absolute Gasteiger partial charge is 0.256 e. The number of carbonyl (C=O) groups is 1. The van der Waals surface area contributed by atoms with Crippen molar-refractivity contribution in [3.63, 3.8) is 0 Å². The Morgan fingerprint density at radius 1 is 1.12 bits per heavy atom. The minimum absolute atomic E-state index is 0.0339. The molecule has 8 nitrogen and oxygen atoms in total. The third-order valence-corrected chi connectivity index (χ3v) is 8.31. The molecule has 1 fully saturated rings. The molecular formula is C32H35FN4O4. The lowest BCUT2D eigenvalue weighted by Crippen LogP contribution is -2.34. The number of aromatic nitrogens is 1. The summed E-state index contributed by atoms with van der Waals surface area (Å²) < 4.78 is 23.7. The standard InChI is InChI=1S/C32H35FN4O4/c1-36-14-7-10-22(36)11-13-35-32(40)24-19-37-26-16-20-8-3-4-9-21(20)17-27(26)41-31-28(34-12-5-2-6-15-38)25(33)18-23(29(31)37)30(24)39/h3-4,8-9,16-19,22,34,38H,2,5-7,10-15H2,1H3,(H,35,40). The number of amides is 1. The summed E-state index contributed by atoms with van der Waals surface area (Å²) in [6.07, 6.45) is 6.81. The third kappa shape index (κ3) is 5.15. The summed E-state index contributed by atoms with van der Waals surface area (Å²) in [5.41, 5.74) is 0.693. The van der Waals surface area contributed by atoms with E-state index in [-0.39, 0.29) is 29.0 Å². The second kappa shape index (κ2) is 11.5. The Hall–Kier alpha value is -3.95. The molecule has 1 unspecified atom stereocenters. The van der Waals surface area contributed by atoms with Gasteiger partial charge in [-0.3, -0.25) is 9.59 Å². The highest BCUT2D eigenvalue weighted by molar-refractivity contribution is 6.02. The monoisotopic (exact) mass is 558 g/mol. The summed E-state index contributed by atoms with van der Waals surface area (Å²) in [6, 6.07) is 13.3. The van der Waals surface area contributed by atoms with Crippen molar-refractivity contribution in [2.24, 2.45) is 0 Å². The fourth-order valence-electron chi connectivity index (χ4n) is 6.05. The molecule has 1 amide bonds. The van der Waals surface area contributed by atoms with Crippen LogP contribution in [0.5, 0.6) is 11.5 Å². The van der Waals surface area contributed by atoms with Gasteiger partial charge in [-0.05, 0) is 81.1 Å². The van der Waals surface area contributed by atoms with Gasteiger partial charge >= 0.3 is 0 Å². The van der Waals surface area contributed by atoms with Gasteiger partial charge in [-0.15, -0.1) is 0 Å². The summed E-state index contributed by atoms with van der Waals surface area (Å²) in [6.45, 7) is 2.10. The molecule has 6 rings (SSSR count). The van der Waals surface area contributed by atoms with Gasteiger partial charge in [-0.1, -0.05) is 24.3 Å². The Kier molecular flexibility index (Phi) is 7.64. The van der Waals surface area contributed by atoms with Gasteiger partial charge < -0.3 is 29.9 Å². The highest BCUT2D eigenvalue weighted by Crippen LogP contribution is 2.46. The Labute approximate surface area is 237 Å². The molecule has 9 heteroatoms. The van der Waals surface area contributed by atoms with Crippen molar-refractivity contribution in [2.45, 2.75) is 44.6 Å². The number of nitrogens with one attached hydrogen (secondary N) is 2. The third-order valence-electron chi connectivity index (χ3n) is 8.31. The molecule has 41 heavy (non-hydrogen) atoms. The summed E-state index contributed by atoms with van der Waals surface area (Å²) >= 11 is 0. The number of halogens is 1. The number of benzene rings is 3. The average Bonchev–Trinajstić information content (AvgIpc) is 3.38. The van der Waals surface area contributed by atoms with Crippen LogP contribution < -0.4 is 20.8 Å². The van der Waals surface area contributed by atoms with Gasteiger partial charge in [0.2, 0.25) is 5.43 Å². The van der Waals surface area contributed by atoms with Gasteiger partial charge in [0.25, 0.3) is 5.91 Å². The molecule has 3 aromatic carbocycles. The number of pyridine rings is 1. The Bertz CT molecular complexity index is 1680. The molecule has 1 aromatic heterocycles. The predicted octanol–water partition coefficient (Wildman–Crippen LogP) is 5.18. The molecule has 3 heterocycles. The average molecular weight is 559 g/mol. The van der Waals surface area contributed by atoms with E-state index in [1.807, 2.05) is 36.4 Å². The second-order valence-corrected chi connectivity index (χ2v) is 11.0. The maximum atomic E-state index is 15.6. The largest absolute Gasteiger partial charge is 0.451 e. The van der Waals surface area contributed by atoms with Crippen molar-refractivity contribution in [1.82, 2.24) is 14.8 Å². The van der Waals surface area contributed by atoms with Gasteiger partial charge in [-0.2, -0.15) is 0 Å². The SMILES string of the molecule is CN1CCCC1CCNC(=O)c1cn2c3c(c(NCCCCCO)c(F)cc3c1=O)Oc1cc3ccccc3cc1-2. The first-order chi connectivity index (χ1) is 20.0. The van der Waals surface area contributed by atoms with Gasteiger partial charge in [0.05, 0.1) is 11.1 Å². The molecule has 214 valence electrons. The van der Waals surface area contributed by atoms with E-state index in [0.29, 0.717) is 42.5 Å². The van der Waals surface area contributed by atoms with Crippen molar-refractivity contribution in [3.05, 3.63) is 70.3 Å². The first kappa shape index (κ1) is 27.2. The van der Waals surface area contributed by atoms with Crippen LogP contribution in [-0.4, -0.2) is 59.8 Å². The highest BCUT2D eigenvalue weighted by atomic mass is 19.1. The van der Waals surface area contributed by atoms with Crippen molar-refractivity contribution < 1.29 is 19.0 Å². The maximum absolute atomic E-state index is 15.6. The summed E-state index contributed by atoms with van der Waals surface area (Å²) in [5, 5.41) is 17.2. The number of fused-ring (bicyclic) bond motifs is 3. The lowest BCUT2D eigenvalue weighted by molar-refractivity contribution is 0.0949. The molecule has 2 aliphatic heterocycles. The van der Waals surface area contributed by atoms with E-state index >= 15 is 4.39 Å². The molecule has 2 aliphatic rings. The van der Waals surface area contributed by atoms with Crippen molar-refractivity contribution in [3.8, 4) is 17.2 Å². The molecule has 0 spiro atoms. The number of anilines is 1. The molecular weight excluding hydrogens is 523 g/mol. The lowest BCUT2D eigenvalue weighted by atomic mass is 10.0. The molecule has 0 bridgehead atoms. The number of aliphatic hydroxyl groups is 1. The Balaban J connectivity index is 1.43. The number of aliphatic hydroxyl groups excluding tert-OH is 1. The zero-order valence-corrected chi connectivity index (χ0v) is 23.2. The Morgan fingerprint density at radius 3 is 2.68 bits per heavy atom. The van der Waals surface area contributed by atoms with Crippen LogP contribution in [0.15, 0.2) is 53.5 Å². The van der Waals surface area contributed by atoms with E-state index in [9.17, 15) is 9.59 Å². The zero-order chi connectivity index (χ0) is 28.5. The van der Waals surface area contributed by atoms with E-state index in [4.69, 9.17) is 9.84 Å². The summed E-state index contributed by atoms with van der Waals surface area (Å²) in [7, 11) is 2.09. The van der Waals surface area contributed by atoms with Crippen LogP contribution in [0.3, 0.4) is 0 Å². The first-order valence-corrected chi connectivity index (χ1v) is 14.4. The van der Waals surface area contributed by atoms with Gasteiger partial charge in [0.15, 0.2) is 17.3 Å². The van der Waals surface area contributed by atoms with Crippen LogP contribution >= 0.6 is 0 Å². The van der Waals surface area contributed by atoms with Crippen LogP contribution in [0.4, 0.5) is 10.1 Å². The summed E-state index contributed by atoms with van der Waals surface area (Å²) in [5.74, 6) is -0.364. The summed E-state index contributed by atoms with van der Waals surface area (Å²) in [4.78, 5) is 29.3. The molecule has 0 aliphatic carbocycles. The number of rotatable bonds is 10. The predicted molar refractivity (Wildman–Crippen MR) is 159 cm³/mol. The number of ether oxygens (including phenoxy) is 1. The number of unbranched alkanes of at least 4 members (excludes halogenated alkanes) is 2. The quantitative estimate of drug-likeness (QED) is 0.205. The van der Waals surface area contributed by atoms with Crippen molar-refractivity contribution in [1.29, 1.82) is 0 Å². The van der Waals surface area contributed by atoms with Gasteiger partial charge in [-0.25, -0.2) is 4.39 Å². The minimum Gasteiger partial charge on any atom is -0.451 e. The van der Waals surface area contributed by atoms with Crippen LogP contribution in [0.2, 0.25) is 0 Å². The molecule has 0 radical (unpaired) electrons. The topological polar surface area (TPSA) is 95.8 Å². The lowest BCUT2D eigenvalue weighted by Gasteiger charge is -2.27. The second-order valence-electron chi connectivity index (χ2n) is 11.0. The normalized spacial score (nSPS) is 16.1. The minimum atomic E-state index is -0.621. The fraction of sp³-hybridized carbons (Fsp3) is 0.375. The van der Waals surface area contributed by atoms with E-state index < -0.39 is 17.2 Å². The van der Waals surface area contributed by atoms with E-state index in [2.05, 4.69) is 22.6 Å². The molecule has 0 saturated carbocycles. The number of hydrogen-bond donors (Lipinski definition) is 3. The highest BCUT2D eigenvalue weighted by Gasteiger charge is 2.29. The van der Waals surface area contributed by atoms with E-state index in [1.165, 1.54) is 6.07 Å². The van der Waals surface area contributed by atoms with Gasteiger partial charge in [0.1, 0.15) is 16.8 Å². The number of nitrogens with zero attached hydrogens (tertiary/aromatic N) is 2.